The Hall–Kier alpha value is -1.02. The Morgan fingerprint density at radius 2 is 1.84 bits per heavy atom. The molecular formula is C16H21Cl2NO5S. The van der Waals surface area contributed by atoms with Gasteiger partial charge in [-0.1, -0.05) is 29.3 Å². The highest BCUT2D eigenvalue weighted by molar-refractivity contribution is 7.86. The molecule has 1 heterocycles. The van der Waals surface area contributed by atoms with Crippen molar-refractivity contribution in [2.75, 3.05) is 19.3 Å². The fourth-order valence-corrected chi connectivity index (χ4v) is 3.42. The molecule has 2 rings (SSSR count). The minimum absolute atomic E-state index is 0.195. The van der Waals surface area contributed by atoms with E-state index in [-0.39, 0.29) is 5.92 Å². The topological polar surface area (TPSA) is 72.9 Å². The van der Waals surface area contributed by atoms with E-state index in [2.05, 4.69) is 0 Å². The first kappa shape index (κ1) is 20.3. The molecule has 1 fully saturated rings. The van der Waals surface area contributed by atoms with Crippen molar-refractivity contribution in [3.05, 3.63) is 33.8 Å². The zero-order valence-corrected chi connectivity index (χ0v) is 16.8. The molecule has 1 amide bonds. The van der Waals surface area contributed by atoms with Gasteiger partial charge < -0.3 is 9.64 Å². The van der Waals surface area contributed by atoms with Crippen LogP contribution in [0.5, 0.6) is 0 Å². The number of amides is 1. The minimum atomic E-state index is -3.69. The summed E-state index contributed by atoms with van der Waals surface area (Å²) in [4.78, 5) is 13.5. The van der Waals surface area contributed by atoms with Crippen LogP contribution in [0.2, 0.25) is 10.0 Å². The number of ether oxygens (including phenoxy) is 1. The number of carbonyl (C=O) groups is 1. The van der Waals surface area contributed by atoms with Crippen LogP contribution in [0.3, 0.4) is 0 Å². The summed E-state index contributed by atoms with van der Waals surface area (Å²) >= 11 is 11.9. The fraction of sp³-hybridized carbons (Fsp3) is 0.562. The third-order valence-corrected chi connectivity index (χ3v) is 4.84. The smallest absolute Gasteiger partial charge is 0.410 e. The predicted molar refractivity (Wildman–Crippen MR) is 96.4 cm³/mol. The van der Waals surface area contributed by atoms with E-state index in [1.54, 1.807) is 39.0 Å². The van der Waals surface area contributed by atoms with E-state index in [0.717, 1.165) is 6.26 Å². The van der Waals surface area contributed by atoms with Gasteiger partial charge in [0.25, 0.3) is 10.1 Å². The molecule has 6 nitrogen and oxygen atoms in total. The molecular weight excluding hydrogens is 389 g/mol. The first-order valence-electron chi connectivity index (χ1n) is 7.67. The van der Waals surface area contributed by atoms with Crippen LogP contribution < -0.4 is 0 Å². The van der Waals surface area contributed by atoms with Gasteiger partial charge in [0.1, 0.15) is 11.7 Å². The van der Waals surface area contributed by atoms with Crippen molar-refractivity contribution in [2.45, 2.75) is 32.5 Å². The largest absolute Gasteiger partial charge is 0.444 e. The number of carbonyl (C=O) groups excluding carboxylic acids is 1. The molecule has 0 aliphatic carbocycles. The summed E-state index contributed by atoms with van der Waals surface area (Å²) in [5.74, 6) is -0.195. The fourth-order valence-electron chi connectivity index (χ4n) is 2.46. The molecule has 1 atom stereocenters. The van der Waals surface area contributed by atoms with Gasteiger partial charge in [0.15, 0.2) is 0 Å². The van der Waals surface area contributed by atoms with Crippen LogP contribution in [-0.2, 0) is 19.0 Å². The van der Waals surface area contributed by atoms with Gasteiger partial charge >= 0.3 is 6.09 Å². The van der Waals surface area contributed by atoms with Crippen molar-refractivity contribution >= 4 is 39.4 Å². The van der Waals surface area contributed by atoms with Crippen molar-refractivity contribution in [3.63, 3.8) is 0 Å². The summed E-state index contributed by atoms with van der Waals surface area (Å²) in [6, 6.07) is 4.83. The molecule has 9 heteroatoms. The molecule has 140 valence electrons. The number of nitrogens with zero attached hydrogens (tertiary/aromatic N) is 1. The van der Waals surface area contributed by atoms with E-state index >= 15 is 0 Å². The van der Waals surface area contributed by atoms with Crippen molar-refractivity contribution in [3.8, 4) is 0 Å². The zero-order chi connectivity index (χ0) is 19.0. The number of benzene rings is 1. The van der Waals surface area contributed by atoms with E-state index in [9.17, 15) is 13.2 Å². The Morgan fingerprint density at radius 3 is 2.32 bits per heavy atom. The van der Waals surface area contributed by atoms with Crippen LogP contribution in [0.4, 0.5) is 4.79 Å². The van der Waals surface area contributed by atoms with Gasteiger partial charge in [-0.25, -0.2) is 4.79 Å². The normalized spacial score (nSPS) is 17.1. The highest BCUT2D eigenvalue weighted by Crippen LogP contribution is 2.37. The third kappa shape index (κ3) is 5.74. The average molecular weight is 410 g/mol. The highest BCUT2D eigenvalue weighted by atomic mass is 35.5. The molecule has 1 aromatic rings. The number of hydrogen-bond acceptors (Lipinski definition) is 5. The van der Waals surface area contributed by atoms with Gasteiger partial charge in [-0.05, 0) is 38.5 Å². The van der Waals surface area contributed by atoms with Crippen molar-refractivity contribution in [1.29, 1.82) is 0 Å². The summed E-state index contributed by atoms with van der Waals surface area (Å²) < 4.78 is 33.8. The van der Waals surface area contributed by atoms with E-state index in [4.69, 9.17) is 32.1 Å². The van der Waals surface area contributed by atoms with Crippen molar-refractivity contribution in [1.82, 2.24) is 4.90 Å². The second-order valence-electron chi connectivity index (χ2n) is 7.04. The molecule has 1 aromatic carbocycles. The lowest BCUT2D eigenvalue weighted by molar-refractivity contribution is -0.0239. The number of hydrogen-bond donors (Lipinski definition) is 0. The molecule has 0 bridgehead atoms. The Labute approximate surface area is 158 Å². The molecule has 1 saturated heterocycles. The molecule has 1 aliphatic heterocycles. The van der Waals surface area contributed by atoms with Gasteiger partial charge in [0.2, 0.25) is 0 Å². The zero-order valence-electron chi connectivity index (χ0n) is 14.5. The van der Waals surface area contributed by atoms with Crippen LogP contribution in [-0.4, -0.2) is 44.4 Å². The molecule has 0 spiro atoms. The van der Waals surface area contributed by atoms with Crippen LogP contribution in [0.1, 0.15) is 32.4 Å². The van der Waals surface area contributed by atoms with Gasteiger partial charge in [-0.15, -0.1) is 0 Å². The van der Waals surface area contributed by atoms with Gasteiger partial charge in [-0.3, -0.25) is 4.18 Å². The Bertz CT molecular complexity index is 754. The monoisotopic (exact) mass is 409 g/mol. The number of likely N-dealkylation sites (tertiary alicyclic amines) is 1. The molecule has 0 N–H and O–H groups in total. The summed E-state index contributed by atoms with van der Waals surface area (Å²) in [6.45, 7) is 6.01. The summed E-state index contributed by atoms with van der Waals surface area (Å²) in [5, 5.41) is 0.678. The van der Waals surface area contributed by atoms with E-state index in [1.165, 1.54) is 4.90 Å². The van der Waals surface area contributed by atoms with E-state index in [1.807, 2.05) is 0 Å². The van der Waals surface area contributed by atoms with Gasteiger partial charge in [-0.2, -0.15) is 8.42 Å². The third-order valence-electron chi connectivity index (χ3n) is 3.54. The van der Waals surface area contributed by atoms with E-state index in [0.29, 0.717) is 28.7 Å². The van der Waals surface area contributed by atoms with Crippen LogP contribution in [0.15, 0.2) is 18.2 Å². The van der Waals surface area contributed by atoms with Gasteiger partial charge in [0.05, 0.1) is 16.3 Å². The Morgan fingerprint density at radius 1 is 1.24 bits per heavy atom. The molecule has 0 aromatic heterocycles. The lowest BCUT2D eigenvalue weighted by atomic mass is 9.89. The van der Waals surface area contributed by atoms with Crippen molar-refractivity contribution in [2.24, 2.45) is 5.92 Å². The summed E-state index contributed by atoms with van der Waals surface area (Å²) in [7, 11) is -3.69. The van der Waals surface area contributed by atoms with Crippen molar-refractivity contribution < 1.29 is 22.1 Å². The highest BCUT2D eigenvalue weighted by Gasteiger charge is 2.41. The van der Waals surface area contributed by atoms with E-state index < -0.39 is 27.9 Å². The standard InChI is InChI=1S/C16H21Cl2NO5S/c1-16(2,3)23-15(20)19-8-11(9-19)14(24-25(4,21)22)10-5-6-12(17)13(18)7-10/h5-7,11,14H,8-9H2,1-4H3. The number of halogens is 2. The van der Waals surface area contributed by atoms with Crippen LogP contribution in [0.25, 0.3) is 0 Å². The molecule has 25 heavy (non-hydrogen) atoms. The van der Waals surface area contributed by atoms with Crippen LogP contribution in [0, 0.1) is 5.92 Å². The molecule has 1 unspecified atom stereocenters. The average Bonchev–Trinajstić information content (AvgIpc) is 2.35. The molecule has 0 saturated carbocycles. The summed E-state index contributed by atoms with van der Waals surface area (Å²) in [5.41, 5.74) is 0.00260. The second kappa shape index (κ2) is 7.31. The maximum absolute atomic E-state index is 12.0. The maximum Gasteiger partial charge on any atom is 0.410 e. The first-order valence-corrected chi connectivity index (χ1v) is 10.2. The SMILES string of the molecule is CC(C)(C)OC(=O)N1CC(C(OS(C)(=O)=O)c2ccc(Cl)c(Cl)c2)C1. The lowest BCUT2D eigenvalue weighted by Crippen LogP contribution is -2.53. The minimum Gasteiger partial charge on any atom is -0.444 e. The van der Waals surface area contributed by atoms with Crippen LogP contribution >= 0.6 is 23.2 Å². The number of rotatable bonds is 4. The predicted octanol–water partition coefficient (Wildman–Crippen LogP) is 3.88. The molecule has 0 radical (unpaired) electrons. The Balaban J connectivity index is 2.13. The van der Waals surface area contributed by atoms with Gasteiger partial charge in [0, 0.05) is 19.0 Å². The summed E-state index contributed by atoms with van der Waals surface area (Å²) in [6.07, 6.45) is -0.193. The quantitative estimate of drug-likeness (QED) is 0.705. The second-order valence-corrected chi connectivity index (χ2v) is 9.45. The Kier molecular flexibility index (Phi) is 5.93. The maximum atomic E-state index is 12.0. The first-order chi connectivity index (χ1) is 11.4. The lowest BCUT2D eigenvalue weighted by Gasteiger charge is -2.42. The molecule has 1 aliphatic rings.